The molecule has 0 aliphatic carbocycles. The van der Waals surface area contributed by atoms with Crippen LogP contribution in [0.15, 0.2) is 42.5 Å². The van der Waals surface area contributed by atoms with Gasteiger partial charge in [0.05, 0.1) is 38.4 Å². The van der Waals surface area contributed by atoms with Gasteiger partial charge in [0.2, 0.25) is 5.91 Å². The van der Waals surface area contributed by atoms with Crippen LogP contribution in [-0.4, -0.2) is 38.7 Å². The van der Waals surface area contributed by atoms with Gasteiger partial charge in [-0.15, -0.1) is 0 Å². The highest BCUT2D eigenvalue weighted by Gasteiger charge is 2.15. The minimum atomic E-state index is -0.625. The maximum atomic E-state index is 12.2. The van der Waals surface area contributed by atoms with Gasteiger partial charge in [-0.05, 0) is 42.3 Å². The minimum Gasteiger partial charge on any atom is -0.493 e. The van der Waals surface area contributed by atoms with Gasteiger partial charge in [-0.2, -0.15) is 0 Å². The van der Waals surface area contributed by atoms with E-state index in [4.69, 9.17) is 4.74 Å². The fraction of sp³-hybridized carbons (Fsp3) is 0.286. The molecule has 1 amide bonds. The Kier molecular flexibility index (Phi) is 7.56. The number of aryl methyl sites for hydroxylation is 1. The first-order valence-corrected chi connectivity index (χ1v) is 8.80. The first-order valence-electron chi connectivity index (χ1n) is 8.80. The number of rotatable bonds is 8. The average molecular weight is 385 g/mol. The molecule has 0 bridgehead atoms. The Balaban J connectivity index is 1.99. The van der Waals surface area contributed by atoms with Gasteiger partial charge in [-0.1, -0.05) is 19.1 Å². The number of ether oxygens (including phenoxy) is 3. The fourth-order valence-electron chi connectivity index (χ4n) is 2.48. The molecule has 1 N–H and O–H groups in total. The quantitative estimate of drug-likeness (QED) is 0.702. The molecular formula is C21H23NO6. The summed E-state index contributed by atoms with van der Waals surface area (Å²) >= 11 is 0. The smallest absolute Gasteiger partial charge is 0.337 e. The average Bonchev–Trinajstić information content (AvgIpc) is 2.72. The predicted octanol–water partition coefficient (Wildman–Crippen LogP) is 3.23. The van der Waals surface area contributed by atoms with Gasteiger partial charge in [0.1, 0.15) is 5.75 Å². The van der Waals surface area contributed by atoms with Crippen molar-refractivity contribution >= 4 is 23.5 Å². The number of hydrogen-bond acceptors (Lipinski definition) is 6. The second-order valence-corrected chi connectivity index (χ2v) is 5.93. The Bertz CT molecular complexity index is 810. The number of nitrogens with one attached hydrogen (secondary N) is 1. The molecule has 0 saturated carbocycles. The number of methoxy groups -OCH3 is 2. The van der Waals surface area contributed by atoms with Gasteiger partial charge in [-0.3, -0.25) is 4.79 Å². The monoisotopic (exact) mass is 385 g/mol. The molecule has 0 spiro atoms. The summed E-state index contributed by atoms with van der Waals surface area (Å²) in [7, 11) is 2.46. The van der Waals surface area contributed by atoms with Gasteiger partial charge in [0.15, 0.2) is 0 Å². The molecule has 0 atom stereocenters. The topological polar surface area (TPSA) is 90.9 Å². The summed E-state index contributed by atoms with van der Waals surface area (Å²) in [6.45, 7) is 2.26. The zero-order chi connectivity index (χ0) is 20.5. The van der Waals surface area contributed by atoms with Crippen LogP contribution < -0.4 is 10.1 Å². The Morgan fingerprint density at radius 3 is 1.96 bits per heavy atom. The van der Waals surface area contributed by atoms with Crippen molar-refractivity contribution in [2.75, 3.05) is 26.1 Å². The maximum Gasteiger partial charge on any atom is 0.337 e. The van der Waals surface area contributed by atoms with Crippen LogP contribution in [0.2, 0.25) is 0 Å². The van der Waals surface area contributed by atoms with Crippen molar-refractivity contribution in [2.24, 2.45) is 0 Å². The lowest BCUT2D eigenvalue weighted by Gasteiger charge is -2.10. The van der Waals surface area contributed by atoms with Crippen LogP contribution in [0, 0.1) is 0 Å². The van der Waals surface area contributed by atoms with Crippen molar-refractivity contribution in [3.05, 3.63) is 59.2 Å². The minimum absolute atomic E-state index is 0.103. The third-order valence-electron chi connectivity index (χ3n) is 3.99. The lowest BCUT2D eigenvalue weighted by Crippen LogP contribution is -2.16. The molecule has 7 heteroatoms. The van der Waals surface area contributed by atoms with E-state index in [2.05, 4.69) is 21.7 Å². The third-order valence-corrected chi connectivity index (χ3v) is 3.99. The van der Waals surface area contributed by atoms with E-state index in [0.717, 1.165) is 6.42 Å². The van der Waals surface area contributed by atoms with E-state index < -0.39 is 11.9 Å². The van der Waals surface area contributed by atoms with E-state index in [9.17, 15) is 14.4 Å². The number of esters is 2. The van der Waals surface area contributed by atoms with Crippen molar-refractivity contribution in [3.8, 4) is 5.75 Å². The van der Waals surface area contributed by atoms with E-state index in [1.165, 1.54) is 38.0 Å². The number of carbonyl (C=O) groups excluding carboxylic acids is 3. The van der Waals surface area contributed by atoms with Crippen LogP contribution >= 0.6 is 0 Å². The van der Waals surface area contributed by atoms with Gasteiger partial charge in [-0.25, -0.2) is 9.59 Å². The first kappa shape index (κ1) is 21.0. The van der Waals surface area contributed by atoms with E-state index >= 15 is 0 Å². The summed E-state index contributed by atoms with van der Waals surface area (Å²) < 4.78 is 14.9. The normalized spacial score (nSPS) is 10.1. The van der Waals surface area contributed by atoms with E-state index in [1.54, 1.807) is 0 Å². The van der Waals surface area contributed by atoms with Crippen LogP contribution in [0.3, 0.4) is 0 Å². The molecule has 2 aromatic rings. The van der Waals surface area contributed by atoms with E-state index in [0.29, 0.717) is 11.4 Å². The van der Waals surface area contributed by atoms with Crippen LogP contribution in [0.4, 0.5) is 5.69 Å². The zero-order valence-corrected chi connectivity index (χ0v) is 16.1. The fourth-order valence-corrected chi connectivity index (χ4v) is 2.48. The molecule has 7 nitrogen and oxygen atoms in total. The Morgan fingerprint density at radius 2 is 1.46 bits per heavy atom. The summed E-state index contributed by atoms with van der Waals surface area (Å²) in [4.78, 5) is 35.7. The molecule has 0 aromatic heterocycles. The second-order valence-electron chi connectivity index (χ2n) is 5.93. The van der Waals surface area contributed by atoms with Gasteiger partial charge < -0.3 is 19.5 Å². The van der Waals surface area contributed by atoms with Crippen molar-refractivity contribution in [3.63, 3.8) is 0 Å². The third kappa shape index (κ3) is 5.84. The van der Waals surface area contributed by atoms with Crippen LogP contribution in [0.5, 0.6) is 5.75 Å². The molecule has 0 heterocycles. The molecule has 0 saturated heterocycles. The number of carbonyl (C=O) groups is 3. The summed E-state index contributed by atoms with van der Waals surface area (Å²) in [5.74, 6) is -0.881. The molecule has 2 aromatic carbocycles. The molecule has 148 valence electrons. The standard InChI is InChI=1S/C21H23NO6/c1-4-14-5-7-18(8-6-14)28-10-9-19(23)22-17-12-15(20(24)26-2)11-16(13-17)21(25)27-3/h5-8,11-13H,4,9-10H2,1-3H3,(H,22,23). The van der Waals surface area contributed by atoms with Crippen molar-refractivity contribution < 1.29 is 28.6 Å². The lowest BCUT2D eigenvalue weighted by molar-refractivity contribution is -0.116. The molecular weight excluding hydrogens is 362 g/mol. The van der Waals surface area contributed by atoms with Crippen LogP contribution in [0.25, 0.3) is 0 Å². The van der Waals surface area contributed by atoms with Crippen molar-refractivity contribution in [1.82, 2.24) is 0 Å². The van der Waals surface area contributed by atoms with Crippen LogP contribution in [-0.2, 0) is 20.7 Å². The summed E-state index contributed by atoms with van der Waals surface area (Å²) in [5.41, 5.74) is 1.76. The molecule has 0 aliphatic rings. The Labute approximate surface area is 163 Å². The predicted molar refractivity (Wildman–Crippen MR) is 104 cm³/mol. The summed E-state index contributed by atoms with van der Waals surface area (Å²) in [6.07, 6.45) is 1.05. The molecule has 0 unspecified atom stereocenters. The highest BCUT2D eigenvalue weighted by molar-refractivity contribution is 5.99. The highest BCUT2D eigenvalue weighted by Crippen LogP contribution is 2.18. The van der Waals surface area contributed by atoms with Gasteiger partial charge >= 0.3 is 11.9 Å². The summed E-state index contributed by atoms with van der Waals surface area (Å²) in [6, 6.07) is 11.9. The number of amides is 1. The largest absolute Gasteiger partial charge is 0.493 e. The number of hydrogen-bond donors (Lipinski definition) is 1. The SMILES string of the molecule is CCc1ccc(OCCC(=O)Nc2cc(C(=O)OC)cc(C(=O)OC)c2)cc1. The first-order chi connectivity index (χ1) is 13.5. The molecule has 2 rings (SSSR count). The lowest BCUT2D eigenvalue weighted by atomic mass is 10.1. The Hall–Kier alpha value is -3.35. The molecule has 0 radical (unpaired) electrons. The molecule has 0 fully saturated rings. The van der Waals surface area contributed by atoms with Crippen molar-refractivity contribution in [2.45, 2.75) is 19.8 Å². The zero-order valence-electron chi connectivity index (χ0n) is 16.1. The molecule has 0 aliphatic heterocycles. The van der Waals surface area contributed by atoms with Gasteiger partial charge in [0.25, 0.3) is 0 Å². The van der Waals surface area contributed by atoms with Crippen molar-refractivity contribution in [1.29, 1.82) is 0 Å². The van der Waals surface area contributed by atoms with Gasteiger partial charge in [0, 0.05) is 5.69 Å². The highest BCUT2D eigenvalue weighted by atomic mass is 16.5. The number of anilines is 1. The van der Waals surface area contributed by atoms with E-state index in [-0.39, 0.29) is 30.1 Å². The Morgan fingerprint density at radius 1 is 0.893 bits per heavy atom. The number of benzene rings is 2. The van der Waals surface area contributed by atoms with E-state index in [1.807, 2.05) is 24.3 Å². The summed E-state index contributed by atoms with van der Waals surface area (Å²) in [5, 5.41) is 2.65. The maximum absolute atomic E-state index is 12.2. The second kappa shape index (κ2) is 10.1. The van der Waals surface area contributed by atoms with Crippen LogP contribution in [0.1, 0.15) is 39.6 Å². The molecule has 28 heavy (non-hydrogen) atoms.